The number of halogens is 3. The number of aryl methyl sites for hydroxylation is 1. The molecule has 7 nitrogen and oxygen atoms in total. The molecule has 41 heavy (non-hydrogen) atoms. The quantitative estimate of drug-likeness (QED) is 0.207. The fourth-order valence-electron chi connectivity index (χ4n) is 4.41. The van der Waals surface area contributed by atoms with Gasteiger partial charge in [-0.2, -0.15) is 0 Å². The summed E-state index contributed by atoms with van der Waals surface area (Å²) in [5.41, 5.74) is 1.32. The zero-order chi connectivity index (χ0) is 30.2. The van der Waals surface area contributed by atoms with E-state index in [1.165, 1.54) is 17.0 Å². The van der Waals surface area contributed by atoms with Gasteiger partial charge in [0.2, 0.25) is 11.8 Å². The lowest BCUT2D eigenvalue weighted by atomic mass is 10.1. The molecule has 0 radical (unpaired) electrons. The number of hydrogen-bond acceptors (Lipinski definition) is 4. The second kappa shape index (κ2) is 14.9. The summed E-state index contributed by atoms with van der Waals surface area (Å²) in [6.45, 7) is 5.33. The first-order valence-corrected chi connectivity index (χ1v) is 15.9. The van der Waals surface area contributed by atoms with Gasteiger partial charge in [0.1, 0.15) is 12.6 Å². The van der Waals surface area contributed by atoms with Crippen molar-refractivity contribution in [3.63, 3.8) is 0 Å². The predicted octanol–water partition coefficient (Wildman–Crippen LogP) is 6.87. The van der Waals surface area contributed by atoms with E-state index < -0.39 is 28.5 Å². The molecule has 3 aromatic carbocycles. The third-order valence-corrected chi connectivity index (χ3v) is 9.36. The van der Waals surface area contributed by atoms with E-state index in [1.807, 2.05) is 6.92 Å². The first-order chi connectivity index (χ1) is 19.5. The van der Waals surface area contributed by atoms with E-state index in [9.17, 15) is 18.0 Å². The van der Waals surface area contributed by atoms with Crippen molar-refractivity contribution in [2.24, 2.45) is 0 Å². The van der Waals surface area contributed by atoms with Crippen molar-refractivity contribution in [2.75, 3.05) is 17.4 Å². The van der Waals surface area contributed by atoms with Gasteiger partial charge >= 0.3 is 0 Å². The number of nitrogens with zero attached hydrogens (tertiary/aromatic N) is 2. The maximum atomic E-state index is 14.2. The van der Waals surface area contributed by atoms with Crippen LogP contribution in [0.5, 0.6) is 0 Å². The number of carbonyl (C=O) groups excluding carboxylic acids is 2. The molecular weight excluding hydrogens is 605 g/mol. The summed E-state index contributed by atoms with van der Waals surface area (Å²) in [6.07, 6.45) is 1.96. The molecule has 0 aromatic heterocycles. The molecular formula is C30H34Cl3N3O4S. The number of anilines is 1. The van der Waals surface area contributed by atoms with Gasteiger partial charge in [-0.25, -0.2) is 8.42 Å². The van der Waals surface area contributed by atoms with Gasteiger partial charge in [0.05, 0.1) is 10.6 Å². The number of amides is 2. The molecule has 3 aromatic rings. The van der Waals surface area contributed by atoms with Gasteiger partial charge in [-0.1, -0.05) is 79.3 Å². The van der Waals surface area contributed by atoms with Crippen LogP contribution in [0.1, 0.15) is 44.2 Å². The second-order valence-corrected chi connectivity index (χ2v) is 12.7. The van der Waals surface area contributed by atoms with E-state index >= 15 is 0 Å². The smallest absolute Gasteiger partial charge is 0.264 e. The molecule has 11 heteroatoms. The van der Waals surface area contributed by atoms with Crippen LogP contribution in [0.2, 0.25) is 15.1 Å². The van der Waals surface area contributed by atoms with Crippen LogP contribution >= 0.6 is 34.8 Å². The maximum absolute atomic E-state index is 14.2. The number of benzene rings is 3. The van der Waals surface area contributed by atoms with Crippen molar-refractivity contribution in [3.05, 3.63) is 92.9 Å². The summed E-state index contributed by atoms with van der Waals surface area (Å²) in [5.74, 6) is -0.926. The van der Waals surface area contributed by atoms with Crippen molar-refractivity contribution >= 4 is 62.3 Å². The zero-order valence-corrected chi connectivity index (χ0v) is 26.3. The zero-order valence-electron chi connectivity index (χ0n) is 23.2. The number of unbranched alkanes of at least 4 members (excludes halogenated alkanes) is 1. The molecule has 2 amide bonds. The molecule has 0 bridgehead atoms. The molecule has 0 saturated carbocycles. The molecule has 3 rings (SSSR count). The number of nitrogens with one attached hydrogen (secondary N) is 1. The van der Waals surface area contributed by atoms with Crippen LogP contribution in [0.15, 0.2) is 71.6 Å². The highest BCUT2D eigenvalue weighted by Crippen LogP contribution is 2.31. The molecule has 1 atom stereocenters. The van der Waals surface area contributed by atoms with E-state index in [2.05, 4.69) is 5.32 Å². The summed E-state index contributed by atoms with van der Waals surface area (Å²) in [6, 6.07) is 16.7. The lowest BCUT2D eigenvalue weighted by Gasteiger charge is -2.34. The van der Waals surface area contributed by atoms with E-state index in [4.69, 9.17) is 34.8 Å². The summed E-state index contributed by atoms with van der Waals surface area (Å²) in [5, 5.41) is 3.99. The maximum Gasteiger partial charge on any atom is 0.264 e. The molecule has 0 spiro atoms. The summed E-state index contributed by atoms with van der Waals surface area (Å²) in [4.78, 5) is 28.9. The Balaban J connectivity index is 2.10. The average Bonchev–Trinajstić information content (AvgIpc) is 2.94. The normalized spacial score (nSPS) is 12.0. The minimum atomic E-state index is -4.19. The van der Waals surface area contributed by atoms with Crippen molar-refractivity contribution in [2.45, 2.75) is 57.5 Å². The standard InChI is InChI=1S/C30H34Cl3N3O4S/c1-4-6-17-34-30(38)27(5-2)35(19-24-25(32)13-10-14-26(24)33)29(37)20-36(28-16-15-22(31)18-21(28)3)41(39,40)23-11-8-7-9-12-23/h7-16,18,27H,4-6,17,19-20H2,1-3H3,(H,34,38). The van der Waals surface area contributed by atoms with Gasteiger partial charge in [0.15, 0.2) is 0 Å². The van der Waals surface area contributed by atoms with Gasteiger partial charge in [0, 0.05) is 33.7 Å². The Kier molecular flexibility index (Phi) is 11.9. The average molecular weight is 639 g/mol. The highest BCUT2D eigenvalue weighted by molar-refractivity contribution is 7.92. The summed E-state index contributed by atoms with van der Waals surface area (Å²) in [7, 11) is -4.19. The second-order valence-electron chi connectivity index (χ2n) is 9.55. The van der Waals surface area contributed by atoms with Crippen molar-refractivity contribution in [1.29, 1.82) is 0 Å². The Hall–Kier alpha value is -2.78. The Bertz CT molecular complexity index is 1450. The molecule has 1 N–H and O–H groups in total. The van der Waals surface area contributed by atoms with E-state index in [0.717, 1.165) is 17.1 Å². The van der Waals surface area contributed by atoms with Gasteiger partial charge in [0.25, 0.3) is 10.0 Å². The molecule has 0 saturated heterocycles. The van der Waals surface area contributed by atoms with Gasteiger partial charge in [-0.3, -0.25) is 13.9 Å². The minimum Gasteiger partial charge on any atom is -0.354 e. The van der Waals surface area contributed by atoms with Crippen LogP contribution in [0.3, 0.4) is 0 Å². The Morgan fingerprint density at radius 3 is 2.17 bits per heavy atom. The van der Waals surface area contributed by atoms with Crippen LogP contribution in [-0.2, 0) is 26.2 Å². The van der Waals surface area contributed by atoms with Crippen LogP contribution in [-0.4, -0.2) is 44.3 Å². The molecule has 0 aliphatic carbocycles. The molecule has 0 aliphatic rings. The lowest BCUT2D eigenvalue weighted by molar-refractivity contribution is -0.140. The fraction of sp³-hybridized carbons (Fsp3) is 0.333. The van der Waals surface area contributed by atoms with Crippen LogP contribution in [0.25, 0.3) is 0 Å². The highest BCUT2D eigenvalue weighted by atomic mass is 35.5. The van der Waals surface area contributed by atoms with Crippen LogP contribution in [0.4, 0.5) is 5.69 Å². The molecule has 1 unspecified atom stereocenters. The summed E-state index contributed by atoms with van der Waals surface area (Å²) < 4.78 is 28.9. The Labute approximate surface area is 257 Å². The van der Waals surface area contributed by atoms with Crippen LogP contribution in [0, 0.1) is 6.92 Å². The van der Waals surface area contributed by atoms with Crippen molar-refractivity contribution in [3.8, 4) is 0 Å². The monoisotopic (exact) mass is 637 g/mol. The first-order valence-electron chi connectivity index (χ1n) is 13.3. The van der Waals surface area contributed by atoms with Gasteiger partial charge < -0.3 is 10.2 Å². The predicted molar refractivity (Wildman–Crippen MR) is 166 cm³/mol. The van der Waals surface area contributed by atoms with Gasteiger partial charge in [-0.15, -0.1) is 0 Å². The lowest BCUT2D eigenvalue weighted by Crippen LogP contribution is -2.52. The fourth-order valence-corrected chi connectivity index (χ4v) is 6.65. The minimum absolute atomic E-state index is 0.0206. The molecule has 0 fully saturated rings. The first kappa shape index (κ1) is 32.7. The van der Waals surface area contributed by atoms with Gasteiger partial charge in [-0.05, 0) is 67.8 Å². The molecule has 0 aliphatic heterocycles. The van der Waals surface area contributed by atoms with Crippen LogP contribution < -0.4 is 9.62 Å². The van der Waals surface area contributed by atoms with E-state index in [1.54, 1.807) is 68.4 Å². The molecule has 0 heterocycles. The topological polar surface area (TPSA) is 86.8 Å². The number of carbonyl (C=O) groups is 2. The highest BCUT2D eigenvalue weighted by Gasteiger charge is 2.34. The molecule has 220 valence electrons. The SMILES string of the molecule is CCCCNC(=O)C(CC)N(Cc1c(Cl)cccc1Cl)C(=O)CN(c1ccc(Cl)cc1C)S(=O)(=O)c1ccccc1. The Morgan fingerprint density at radius 1 is 0.927 bits per heavy atom. The van der Waals surface area contributed by atoms with Crippen molar-refractivity contribution < 1.29 is 18.0 Å². The third kappa shape index (κ3) is 8.16. The number of sulfonamides is 1. The third-order valence-electron chi connectivity index (χ3n) is 6.64. The number of rotatable bonds is 13. The van der Waals surface area contributed by atoms with E-state index in [-0.39, 0.29) is 23.8 Å². The van der Waals surface area contributed by atoms with E-state index in [0.29, 0.717) is 38.4 Å². The van der Waals surface area contributed by atoms with Crippen molar-refractivity contribution in [1.82, 2.24) is 10.2 Å². The summed E-state index contributed by atoms with van der Waals surface area (Å²) >= 11 is 19.1. The number of hydrogen-bond donors (Lipinski definition) is 1. The Morgan fingerprint density at radius 2 is 1.59 bits per heavy atom. The largest absolute Gasteiger partial charge is 0.354 e.